The lowest BCUT2D eigenvalue weighted by Crippen LogP contribution is -2.25. The van der Waals surface area contributed by atoms with Crippen molar-refractivity contribution in [2.24, 2.45) is 11.8 Å². The Hall–Kier alpha value is -2.48. The Labute approximate surface area is 150 Å². The van der Waals surface area contributed by atoms with Crippen molar-refractivity contribution in [1.82, 2.24) is 0 Å². The SMILES string of the molecule is COc1cc([C@H]2OC[C@@H]([C@@H](O)c3ccc(O)c(O)c3)[C@@H]2CO)ccc1O. The van der Waals surface area contributed by atoms with Gasteiger partial charge in [0.1, 0.15) is 0 Å². The van der Waals surface area contributed by atoms with Crippen molar-refractivity contribution in [3.05, 3.63) is 47.5 Å². The summed E-state index contributed by atoms with van der Waals surface area (Å²) in [5.74, 6) is -1.08. The maximum Gasteiger partial charge on any atom is 0.160 e. The van der Waals surface area contributed by atoms with E-state index in [1.54, 1.807) is 12.1 Å². The molecule has 1 saturated heterocycles. The molecule has 0 aliphatic carbocycles. The second-order valence-electron chi connectivity index (χ2n) is 6.39. The van der Waals surface area contributed by atoms with Gasteiger partial charge in [-0.2, -0.15) is 0 Å². The van der Waals surface area contributed by atoms with E-state index in [1.807, 2.05) is 0 Å². The highest BCUT2D eigenvalue weighted by Crippen LogP contribution is 2.45. The van der Waals surface area contributed by atoms with Crippen molar-refractivity contribution >= 4 is 0 Å². The highest BCUT2D eigenvalue weighted by atomic mass is 16.5. The number of rotatable bonds is 5. The molecular formula is C19H22O7. The van der Waals surface area contributed by atoms with E-state index in [0.29, 0.717) is 11.3 Å². The molecule has 2 aromatic carbocycles. The summed E-state index contributed by atoms with van der Waals surface area (Å²) in [7, 11) is 1.45. The molecule has 2 aromatic rings. The monoisotopic (exact) mass is 362 g/mol. The number of aliphatic hydroxyl groups is 2. The van der Waals surface area contributed by atoms with Gasteiger partial charge in [-0.15, -0.1) is 0 Å². The molecule has 0 aromatic heterocycles. The van der Waals surface area contributed by atoms with Crippen LogP contribution in [0.2, 0.25) is 0 Å². The normalized spacial score (nSPS) is 23.7. The third-order valence-electron chi connectivity index (χ3n) is 4.90. The lowest BCUT2D eigenvalue weighted by Gasteiger charge is -2.25. The van der Waals surface area contributed by atoms with Crippen LogP contribution in [0.3, 0.4) is 0 Å². The standard InChI is InChI=1S/C19H22O7/c1-25-17-7-11(3-5-15(17)22)19-12(8-20)13(9-26-19)18(24)10-2-4-14(21)16(23)6-10/h2-7,12-13,18-24H,8-9H2,1H3/t12-,13+,18-,19+/m0/s1. The van der Waals surface area contributed by atoms with Crippen LogP contribution in [0.4, 0.5) is 0 Å². The van der Waals surface area contributed by atoms with Gasteiger partial charge in [0.2, 0.25) is 0 Å². The lowest BCUT2D eigenvalue weighted by atomic mass is 9.82. The van der Waals surface area contributed by atoms with Crippen LogP contribution in [0, 0.1) is 11.8 Å². The van der Waals surface area contributed by atoms with Crippen LogP contribution >= 0.6 is 0 Å². The molecule has 0 bridgehead atoms. The van der Waals surface area contributed by atoms with Gasteiger partial charge in [-0.3, -0.25) is 0 Å². The Balaban J connectivity index is 1.85. The Kier molecular flexibility index (Phi) is 5.22. The summed E-state index contributed by atoms with van der Waals surface area (Å²) in [6.45, 7) is 0.00153. The molecule has 7 heteroatoms. The van der Waals surface area contributed by atoms with Crippen LogP contribution in [0.5, 0.6) is 23.0 Å². The minimum atomic E-state index is -0.984. The van der Waals surface area contributed by atoms with Crippen LogP contribution in [0.25, 0.3) is 0 Å². The van der Waals surface area contributed by atoms with E-state index in [1.165, 1.54) is 31.4 Å². The van der Waals surface area contributed by atoms with Gasteiger partial charge in [0.05, 0.1) is 25.9 Å². The predicted molar refractivity (Wildman–Crippen MR) is 92.1 cm³/mol. The average molecular weight is 362 g/mol. The van der Waals surface area contributed by atoms with Gasteiger partial charge in [0.25, 0.3) is 0 Å². The van der Waals surface area contributed by atoms with Crippen LogP contribution < -0.4 is 4.74 Å². The highest BCUT2D eigenvalue weighted by Gasteiger charge is 2.42. The molecule has 1 aliphatic rings. The summed E-state index contributed by atoms with van der Waals surface area (Å²) < 4.78 is 10.9. The number of aromatic hydroxyl groups is 3. The zero-order chi connectivity index (χ0) is 18.8. The molecule has 3 rings (SSSR count). The largest absolute Gasteiger partial charge is 0.504 e. The number of phenols is 3. The van der Waals surface area contributed by atoms with Crippen molar-refractivity contribution < 1.29 is 35.0 Å². The third kappa shape index (κ3) is 3.29. The van der Waals surface area contributed by atoms with Gasteiger partial charge in [-0.25, -0.2) is 0 Å². The van der Waals surface area contributed by atoms with Crippen LogP contribution in [-0.2, 0) is 4.74 Å². The van der Waals surface area contributed by atoms with Crippen molar-refractivity contribution in [3.8, 4) is 23.0 Å². The molecule has 0 saturated carbocycles. The van der Waals surface area contributed by atoms with Gasteiger partial charge in [-0.1, -0.05) is 12.1 Å². The number of hydrogen-bond acceptors (Lipinski definition) is 7. The topological polar surface area (TPSA) is 120 Å². The molecule has 26 heavy (non-hydrogen) atoms. The third-order valence-corrected chi connectivity index (χ3v) is 4.90. The van der Waals surface area contributed by atoms with E-state index >= 15 is 0 Å². The molecular weight excluding hydrogens is 340 g/mol. The van der Waals surface area contributed by atoms with Crippen LogP contribution in [-0.4, -0.2) is 45.9 Å². The van der Waals surface area contributed by atoms with E-state index in [-0.39, 0.29) is 30.5 Å². The van der Waals surface area contributed by atoms with E-state index in [2.05, 4.69) is 0 Å². The van der Waals surface area contributed by atoms with Gasteiger partial charge in [-0.05, 0) is 35.4 Å². The number of hydrogen-bond donors (Lipinski definition) is 5. The Morgan fingerprint density at radius 3 is 2.46 bits per heavy atom. The molecule has 0 amide bonds. The zero-order valence-electron chi connectivity index (χ0n) is 14.2. The first kappa shape index (κ1) is 18.3. The van der Waals surface area contributed by atoms with Crippen LogP contribution in [0.15, 0.2) is 36.4 Å². The summed E-state index contributed by atoms with van der Waals surface area (Å²) in [6, 6.07) is 8.94. The highest BCUT2D eigenvalue weighted by molar-refractivity contribution is 5.43. The van der Waals surface area contributed by atoms with Crippen LogP contribution in [0.1, 0.15) is 23.3 Å². The molecule has 7 nitrogen and oxygen atoms in total. The number of ether oxygens (including phenoxy) is 2. The van der Waals surface area contributed by atoms with Crippen molar-refractivity contribution in [1.29, 1.82) is 0 Å². The molecule has 4 atom stereocenters. The second-order valence-corrected chi connectivity index (χ2v) is 6.39. The Morgan fingerprint density at radius 1 is 1.08 bits per heavy atom. The first-order valence-electron chi connectivity index (χ1n) is 8.25. The fraction of sp³-hybridized carbons (Fsp3) is 0.368. The molecule has 5 N–H and O–H groups in total. The Morgan fingerprint density at radius 2 is 1.81 bits per heavy atom. The van der Waals surface area contributed by atoms with Gasteiger partial charge in [0.15, 0.2) is 23.0 Å². The molecule has 1 heterocycles. The van der Waals surface area contributed by atoms with Crippen molar-refractivity contribution in [2.45, 2.75) is 12.2 Å². The minimum Gasteiger partial charge on any atom is -0.504 e. The number of phenolic OH excluding ortho intramolecular Hbond substituents is 3. The second kappa shape index (κ2) is 7.41. The van der Waals surface area contributed by atoms with E-state index in [4.69, 9.17) is 9.47 Å². The molecule has 140 valence electrons. The fourth-order valence-corrected chi connectivity index (χ4v) is 3.43. The van der Waals surface area contributed by atoms with Crippen molar-refractivity contribution in [2.75, 3.05) is 20.3 Å². The average Bonchev–Trinajstić information content (AvgIpc) is 3.07. The number of benzene rings is 2. The van der Waals surface area contributed by atoms with E-state index in [0.717, 1.165) is 5.56 Å². The summed E-state index contributed by atoms with van der Waals surface area (Å²) in [5, 5.41) is 49.4. The summed E-state index contributed by atoms with van der Waals surface area (Å²) in [4.78, 5) is 0. The van der Waals surface area contributed by atoms with E-state index in [9.17, 15) is 25.5 Å². The quantitative estimate of drug-likeness (QED) is 0.515. The van der Waals surface area contributed by atoms with Gasteiger partial charge >= 0.3 is 0 Å². The minimum absolute atomic E-state index is 0.00551. The number of methoxy groups -OCH3 is 1. The molecule has 1 aliphatic heterocycles. The van der Waals surface area contributed by atoms with E-state index < -0.39 is 24.0 Å². The van der Waals surface area contributed by atoms with Crippen molar-refractivity contribution in [3.63, 3.8) is 0 Å². The maximum absolute atomic E-state index is 10.7. The zero-order valence-corrected chi connectivity index (χ0v) is 14.2. The van der Waals surface area contributed by atoms with Gasteiger partial charge in [0, 0.05) is 18.4 Å². The summed E-state index contributed by atoms with van der Waals surface area (Å²) >= 11 is 0. The van der Waals surface area contributed by atoms with Gasteiger partial charge < -0.3 is 35.0 Å². The Bertz CT molecular complexity index is 776. The summed E-state index contributed by atoms with van der Waals surface area (Å²) in [6.07, 6.45) is -1.46. The first-order chi connectivity index (χ1) is 12.5. The molecule has 0 unspecified atom stereocenters. The summed E-state index contributed by atoms with van der Waals surface area (Å²) in [5.41, 5.74) is 1.15. The molecule has 1 fully saturated rings. The predicted octanol–water partition coefficient (Wildman–Crippen LogP) is 1.84. The molecule has 0 radical (unpaired) electrons. The molecule has 0 spiro atoms. The number of aliphatic hydroxyl groups excluding tert-OH is 2. The lowest BCUT2D eigenvalue weighted by molar-refractivity contribution is 0.0632. The fourth-order valence-electron chi connectivity index (χ4n) is 3.43. The first-order valence-corrected chi connectivity index (χ1v) is 8.25. The smallest absolute Gasteiger partial charge is 0.160 e. The maximum atomic E-state index is 10.7.